The highest BCUT2D eigenvalue weighted by atomic mass is 32.2. The molecule has 2 N–H and O–H groups in total. The van der Waals surface area contributed by atoms with Gasteiger partial charge in [-0.25, -0.2) is 9.36 Å². The predicted molar refractivity (Wildman–Crippen MR) is 111 cm³/mol. The molecule has 0 spiro atoms. The second-order valence-electron chi connectivity index (χ2n) is 6.82. The molecular weight excluding hydrogens is 447 g/mol. The number of fused-ring (bicyclic) bond motifs is 1. The zero-order valence-electron chi connectivity index (χ0n) is 16.4. The first-order valence-corrected chi connectivity index (χ1v) is 12.1. The molecular formula is C19H21N2O8PS. The van der Waals surface area contributed by atoms with Crippen molar-refractivity contribution in [3.8, 4) is 0 Å². The summed E-state index contributed by atoms with van der Waals surface area (Å²) in [7, 11) is -4.41. The second-order valence-corrected chi connectivity index (χ2v) is 9.17. The van der Waals surface area contributed by atoms with E-state index in [1.54, 1.807) is 30.1 Å². The number of nitrogens with zero attached hydrogens (tertiary/aromatic N) is 2. The van der Waals surface area contributed by atoms with E-state index in [2.05, 4.69) is 9.51 Å². The monoisotopic (exact) mass is 468 g/mol. The minimum Gasteiger partial charge on any atom is -0.330 e. The third-order valence-electron chi connectivity index (χ3n) is 4.31. The van der Waals surface area contributed by atoms with Crippen LogP contribution in [0.25, 0.3) is 10.9 Å². The number of pyridine rings is 1. The number of benzene rings is 1. The summed E-state index contributed by atoms with van der Waals surface area (Å²) < 4.78 is 15.0. The zero-order chi connectivity index (χ0) is 22.4. The van der Waals surface area contributed by atoms with Crippen LogP contribution < -0.4 is 0 Å². The Morgan fingerprint density at radius 3 is 2.61 bits per heavy atom. The highest BCUT2D eigenvalue weighted by Gasteiger charge is 2.32. The molecule has 10 nitrogen and oxygen atoms in total. The molecule has 12 heteroatoms. The first-order valence-electron chi connectivity index (χ1n) is 9.43. The lowest BCUT2D eigenvalue weighted by Crippen LogP contribution is -2.32. The number of hydroxylamine groups is 2. The summed E-state index contributed by atoms with van der Waals surface area (Å²) >= 11 is 1.60. The SMILES string of the molecule is O=C(Cc1ccc2cc(CSCCCOP(=O)(O)O)cnc2c1)ON1C(=O)CCC1=O. The number of rotatable bonds is 10. The van der Waals surface area contributed by atoms with Gasteiger partial charge in [-0.05, 0) is 35.4 Å². The minimum atomic E-state index is -4.41. The van der Waals surface area contributed by atoms with Crippen molar-refractivity contribution < 1.29 is 38.1 Å². The molecule has 0 aliphatic carbocycles. The molecule has 166 valence electrons. The van der Waals surface area contributed by atoms with Gasteiger partial charge in [-0.15, -0.1) is 5.06 Å². The first-order chi connectivity index (χ1) is 14.7. The molecule has 0 bridgehead atoms. The van der Waals surface area contributed by atoms with Crippen LogP contribution in [-0.2, 0) is 40.5 Å². The Morgan fingerprint density at radius 2 is 1.90 bits per heavy atom. The van der Waals surface area contributed by atoms with Crippen LogP contribution in [0.2, 0.25) is 0 Å². The quantitative estimate of drug-likeness (QED) is 0.302. The smallest absolute Gasteiger partial charge is 0.330 e. The van der Waals surface area contributed by atoms with Crippen LogP contribution in [0, 0.1) is 0 Å². The molecule has 2 heterocycles. The molecule has 1 aromatic carbocycles. The van der Waals surface area contributed by atoms with Crippen LogP contribution in [0.5, 0.6) is 0 Å². The number of carbonyl (C=O) groups excluding carboxylic acids is 3. The lowest BCUT2D eigenvalue weighted by Gasteiger charge is -2.12. The molecule has 3 rings (SSSR count). The summed E-state index contributed by atoms with van der Waals surface area (Å²) in [4.78, 5) is 61.6. The number of thioether (sulfide) groups is 1. The molecule has 1 saturated heterocycles. The highest BCUT2D eigenvalue weighted by molar-refractivity contribution is 7.98. The summed E-state index contributed by atoms with van der Waals surface area (Å²) in [5.74, 6) is -0.360. The fourth-order valence-corrected chi connectivity index (χ4v) is 4.12. The summed E-state index contributed by atoms with van der Waals surface area (Å²) in [6.07, 6.45) is 2.25. The molecule has 0 radical (unpaired) electrons. The Balaban J connectivity index is 1.50. The van der Waals surface area contributed by atoms with Crippen molar-refractivity contribution >= 4 is 48.3 Å². The molecule has 1 aliphatic rings. The van der Waals surface area contributed by atoms with Crippen LogP contribution in [0.15, 0.2) is 30.5 Å². The largest absolute Gasteiger partial charge is 0.469 e. The van der Waals surface area contributed by atoms with Crippen LogP contribution in [-0.4, -0.2) is 50.0 Å². The topological polar surface area (TPSA) is 143 Å². The standard InChI is InChI=1S/C19H21N2O8PS/c22-17-4-5-18(23)21(17)29-19(24)10-13-2-3-15-8-14(11-20-16(15)9-13)12-31-7-1-6-28-30(25,26)27/h2-3,8-9,11H,1,4-7,10,12H2,(H2,25,26,27). The fourth-order valence-electron chi connectivity index (χ4n) is 2.89. The summed E-state index contributed by atoms with van der Waals surface area (Å²) in [6.45, 7) is -0.00145. The molecule has 1 fully saturated rings. The van der Waals surface area contributed by atoms with Gasteiger partial charge >= 0.3 is 13.8 Å². The van der Waals surface area contributed by atoms with E-state index in [-0.39, 0.29) is 25.9 Å². The third kappa shape index (κ3) is 7.12. The van der Waals surface area contributed by atoms with E-state index in [0.717, 1.165) is 10.9 Å². The van der Waals surface area contributed by atoms with Crippen molar-refractivity contribution in [2.24, 2.45) is 0 Å². The van der Waals surface area contributed by atoms with Gasteiger partial charge in [0.05, 0.1) is 18.5 Å². The Morgan fingerprint density at radius 1 is 1.16 bits per heavy atom. The second kappa shape index (κ2) is 10.3. The van der Waals surface area contributed by atoms with Crippen LogP contribution in [0.1, 0.15) is 30.4 Å². The first kappa shape index (κ1) is 23.4. The van der Waals surface area contributed by atoms with Crippen LogP contribution >= 0.6 is 19.6 Å². The Labute approximate surface area is 182 Å². The molecule has 1 aliphatic heterocycles. The highest BCUT2D eigenvalue weighted by Crippen LogP contribution is 2.35. The summed E-state index contributed by atoms with van der Waals surface area (Å²) in [5, 5.41) is 1.43. The minimum absolute atomic E-state index is 0.00145. The number of hydrogen-bond donors (Lipinski definition) is 2. The molecule has 0 atom stereocenters. The maximum absolute atomic E-state index is 12.1. The number of hydrogen-bond acceptors (Lipinski definition) is 8. The molecule has 1 aromatic heterocycles. The maximum atomic E-state index is 12.1. The van der Waals surface area contributed by atoms with Gasteiger partial charge in [0, 0.05) is 30.2 Å². The van der Waals surface area contributed by atoms with Gasteiger partial charge in [0.15, 0.2) is 0 Å². The van der Waals surface area contributed by atoms with Crippen molar-refractivity contribution in [1.82, 2.24) is 10.0 Å². The Kier molecular flexibility index (Phi) is 7.79. The van der Waals surface area contributed by atoms with Crippen molar-refractivity contribution in [1.29, 1.82) is 0 Å². The molecule has 2 amide bonds. The van der Waals surface area contributed by atoms with Crippen LogP contribution in [0.4, 0.5) is 0 Å². The van der Waals surface area contributed by atoms with Gasteiger partial charge in [-0.2, -0.15) is 11.8 Å². The van der Waals surface area contributed by atoms with E-state index < -0.39 is 25.6 Å². The number of amides is 2. The summed E-state index contributed by atoms with van der Waals surface area (Å²) in [6, 6.07) is 7.32. The Hall–Kier alpha value is -2.30. The lowest BCUT2D eigenvalue weighted by atomic mass is 10.1. The number of carbonyl (C=O) groups is 3. The average molecular weight is 468 g/mol. The van der Waals surface area contributed by atoms with Gasteiger partial charge < -0.3 is 14.6 Å². The van der Waals surface area contributed by atoms with Crippen molar-refractivity contribution in [2.75, 3.05) is 12.4 Å². The van der Waals surface area contributed by atoms with Gasteiger partial charge in [-0.1, -0.05) is 12.1 Å². The van der Waals surface area contributed by atoms with E-state index in [9.17, 15) is 18.9 Å². The normalized spacial score (nSPS) is 14.5. The zero-order valence-corrected chi connectivity index (χ0v) is 18.1. The number of aromatic nitrogens is 1. The average Bonchev–Trinajstić information content (AvgIpc) is 3.01. The molecule has 0 saturated carbocycles. The van der Waals surface area contributed by atoms with Gasteiger partial charge in [-0.3, -0.25) is 19.1 Å². The van der Waals surface area contributed by atoms with E-state index in [1.807, 2.05) is 12.1 Å². The fraction of sp³-hybridized carbons (Fsp3) is 0.368. The third-order valence-corrected chi connectivity index (χ3v) is 5.95. The van der Waals surface area contributed by atoms with E-state index in [4.69, 9.17) is 14.6 Å². The van der Waals surface area contributed by atoms with E-state index in [1.165, 1.54) is 0 Å². The van der Waals surface area contributed by atoms with Gasteiger partial charge in [0.25, 0.3) is 11.8 Å². The Bertz CT molecular complexity index is 1020. The number of phosphoric ester groups is 1. The number of phosphoric acid groups is 1. The van der Waals surface area contributed by atoms with Crippen molar-refractivity contribution in [3.63, 3.8) is 0 Å². The number of imide groups is 1. The lowest BCUT2D eigenvalue weighted by molar-refractivity contribution is -0.197. The van der Waals surface area contributed by atoms with E-state index >= 15 is 0 Å². The van der Waals surface area contributed by atoms with E-state index in [0.29, 0.717) is 34.1 Å². The van der Waals surface area contributed by atoms with Gasteiger partial charge in [0.1, 0.15) is 0 Å². The molecule has 2 aromatic rings. The maximum Gasteiger partial charge on any atom is 0.469 e. The predicted octanol–water partition coefficient (Wildman–Crippen LogP) is 2.12. The molecule has 31 heavy (non-hydrogen) atoms. The van der Waals surface area contributed by atoms with Crippen molar-refractivity contribution in [3.05, 3.63) is 41.6 Å². The van der Waals surface area contributed by atoms with Crippen molar-refractivity contribution in [2.45, 2.75) is 31.4 Å². The van der Waals surface area contributed by atoms with Gasteiger partial charge in [0.2, 0.25) is 0 Å². The molecule has 0 unspecified atom stereocenters. The van der Waals surface area contributed by atoms with Crippen LogP contribution in [0.3, 0.4) is 0 Å². The summed E-state index contributed by atoms with van der Waals surface area (Å²) in [5.41, 5.74) is 2.34.